The largest absolute Gasteiger partial charge is 0.465 e. The lowest BCUT2D eigenvalue weighted by Gasteiger charge is -1.96. The van der Waals surface area contributed by atoms with Gasteiger partial charge in [0.2, 0.25) is 5.82 Å². The average molecular weight is 343 g/mol. The number of hydrogen-bond donors (Lipinski definition) is 1. The molecule has 4 heterocycles. The lowest BCUT2D eigenvalue weighted by atomic mass is 10.2. The molecule has 0 fully saturated rings. The molecular weight excluding hydrogens is 330 g/mol. The normalized spacial score (nSPS) is 11.5. The second-order valence-electron chi connectivity index (χ2n) is 5.25. The highest BCUT2D eigenvalue weighted by Gasteiger charge is 2.22. The molecule has 4 rings (SSSR count). The molecule has 9 nitrogen and oxygen atoms in total. The predicted molar refractivity (Wildman–Crippen MR) is 88.9 cm³/mol. The zero-order valence-corrected chi connectivity index (χ0v) is 14.0. The molecule has 0 radical (unpaired) electrons. The number of fused-ring (bicyclic) bond motifs is 3. The van der Waals surface area contributed by atoms with Gasteiger partial charge in [0.15, 0.2) is 5.65 Å². The van der Waals surface area contributed by atoms with Gasteiger partial charge >= 0.3 is 5.97 Å². The molecule has 10 heteroatoms. The van der Waals surface area contributed by atoms with E-state index < -0.39 is 0 Å². The van der Waals surface area contributed by atoms with Crippen LogP contribution in [0.25, 0.3) is 27.4 Å². The fourth-order valence-corrected chi connectivity index (χ4v) is 3.71. The molecule has 122 valence electrons. The number of nitrogens with two attached hydrogens (primary N) is 1. The molecule has 0 aliphatic rings. The summed E-state index contributed by atoms with van der Waals surface area (Å²) < 4.78 is 8.02. The molecule has 0 atom stereocenters. The second-order valence-corrected chi connectivity index (χ2v) is 6.25. The maximum Gasteiger partial charge on any atom is 0.348 e. The number of aryl methyl sites for hydroxylation is 2. The Bertz CT molecular complexity index is 1090. The van der Waals surface area contributed by atoms with Crippen molar-refractivity contribution >= 4 is 38.9 Å². The van der Waals surface area contributed by atoms with E-state index in [0.29, 0.717) is 32.6 Å². The van der Waals surface area contributed by atoms with Crippen molar-refractivity contribution in [2.75, 3.05) is 12.8 Å². The first kappa shape index (κ1) is 14.6. The van der Waals surface area contributed by atoms with Crippen molar-refractivity contribution in [1.82, 2.24) is 29.4 Å². The van der Waals surface area contributed by atoms with Crippen LogP contribution in [0.2, 0.25) is 0 Å². The molecule has 0 spiro atoms. The van der Waals surface area contributed by atoms with Crippen LogP contribution in [0.1, 0.15) is 15.2 Å². The van der Waals surface area contributed by atoms with Gasteiger partial charge in [0.25, 0.3) is 0 Å². The van der Waals surface area contributed by atoms with Gasteiger partial charge < -0.3 is 10.5 Å². The molecule has 2 N–H and O–H groups in total. The van der Waals surface area contributed by atoms with Crippen LogP contribution in [0.4, 0.5) is 5.69 Å². The molecule has 0 aliphatic carbocycles. The number of esters is 1. The van der Waals surface area contributed by atoms with Crippen LogP contribution in [-0.2, 0) is 11.8 Å². The molecule has 0 amide bonds. The highest BCUT2D eigenvalue weighted by Crippen LogP contribution is 2.33. The number of aromatic nitrogens is 6. The Morgan fingerprint density at radius 1 is 1.42 bits per heavy atom. The van der Waals surface area contributed by atoms with E-state index in [4.69, 9.17) is 10.5 Å². The van der Waals surface area contributed by atoms with Gasteiger partial charge in [-0.05, 0) is 12.5 Å². The number of carbonyl (C=O) groups excluding carboxylic acids is 1. The average Bonchev–Trinajstić information content (AvgIpc) is 3.22. The first-order valence-electron chi connectivity index (χ1n) is 7.02. The molecule has 0 saturated carbocycles. The molecule has 0 aliphatic heterocycles. The molecule has 24 heavy (non-hydrogen) atoms. The van der Waals surface area contributed by atoms with Crippen LogP contribution in [0.3, 0.4) is 0 Å². The Morgan fingerprint density at radius 3 is 2.88 bits per heavy atom. The lowest BCUT2D eigenvalue weighted by molar-refractivity contribution is 0.0605. The topological polar surface area (TPSA) is 113 Å². The van der Waals surface area contributed by atoms with Crippen LogP contribution in [0.5, 0.6) is 0 Å². The number of rotatable bonds is 2. The number of hydrogen-bond acceptors (Lipinski definition) is 8. The molecular formula is C14H13N7O2S. The number of thiophene rings is 1. The Balaban J connectivity index is 2.02. The lowest BCUT2D eigenvalue weighted by Crippen LogP contribution is -1.99. The standard InChI is InChI=1S/C14H13N7O2S/c1-6-8-12-18-11(9-7(15)4-17-20(9)2)19-21(12)5-16-13(8)24-10(6)14(22)23-3/h4-5H,15H2,1-3H3. The number of methoxy groups -OCH3 is 1. The van der Waals surface area contributed by atoms with Crippen molar-refractivity contribution in [2.24, 2.45) is 7.05 Å². The van der Waals surface area contributed by atoms with Gasteiger partial charge in [-0.3, -0.25) is 4.68 Å². The third kappa shape index (κ3) is 1.89. The van der Waals surface area contributed by atoms with Gasteiger partial charge in [0, 0.05) is 7.05 Å². The van der Waals surface area contributed by atoms with E-state index in [-0.39, 0.29) is 5.97 Å². The van der Waals surface area contributed by atoms with Crippen molar-refractivity contribution < 1.29 is 9.53 Å². The zero-order chi connectivity index (χ0) is 17.0. The van der Waals surface area contributed by atoms with E-state index in [0.717, 1.165) is 10.9 Å². The molecule has 4 aromatic heterocycles. The summed E-state index contributed by atoms with van der Waals surface area (Å²) in [5.41, 5.74) is 8.47. The van der Waals surface area contributed by atoms with E-state index in [9.17, 15) is 4.79 Å². The first-order chi connectivity index (χ1) is 11.5. The van der Waals surface area contributed by atoms with Gasteiger partial charge in [0.1, 0.15) is 21.7 Å². The summed E-state index contributed by atoms with van der Waals surface area (Å²) in [6.45, 7) is 1.85. The Hall–Kier alpha value is -3.01. The van der Waals surface area contributed by atoms with E-state index in [1.54, 1.807) is 28.8 Å². The quantitative estimate of drug-likeness (QED) is 0.547. The Morgan fingerprint density at radius 2 is 2.21 bits per heavy atom. The number of nitrogen functional groups attached to an aromatic ring is 1. The Kier molecular flexibility index (Phi) is 3.03. The van der Waals surface area contributed by atoms with Gasteiger partial charge in [-0.1, -0.05) is 0 Å². The smallest absolute Gasteiger partial charge is 0.348 e. The van der Waals surface area contributed by atoms with Crippen LogP contribution in [0.15, 0.2) is 12.5 Å². The summed E-state index contributed by atoms with van der Waals surface area (Å²) in [7, 11) is 3.13. The van der Waals surface area contributed by atoms with Gasteiger partial charge in [-0.25, -0.2) is 19.3 Å². The number of carbonyl (C=O) groups is 1. The minimum atomic E-state index is -0.385. The maximum absolute atomic E-state index is 11.9. The number of ether oxygens (including phenoxy) is 1. The molecule has 0 saturated heterocycles. The maximum atomic E-state index is 11.9. The monoisotopic (exact) mass is 343 g/mol. The van der Waals surface area contributed by atoms with E-state index in [2.05, 4.69) is 20.2 Å². The minimum Gasteiger partial charge on any atom is -0.465 e. The van der Waals surface area contributed by atoms with Crippen LogP contribution >= 0.6 is 11.3 Å². The van der Waals surface area contributed by atoms with Gasteiger partial charge in [0.05, 0.1) is 24.4 Å². The van der Waals surface area contributed by atoms with E-state index >= 15 is 0 Å². The fraction of sp³-hybridized carbons (Fsp3) is 0.214. The molecule has 4 aromatic rings. The van der Waals surface area contributed by atoms with Crippen molar-refractivity contribution in [3.63, 3.8) is 0 Å². The van der Waals surface area contributed by atoms with Gasteiger partial charge in [-0.15, -0.1) is 16.4 Å². The van der Waals surface area contributed by atoms with Gasteiger partial charge in [-0.2, -0.15) is 5.10 Å². The van der Waals surface area contributed by atoms with E-state index in [1.165, 1.54) is 18.4 Å². The zero-order valence-electron chi connectivity index (χ0n) is 13.1. The summed E-state index contributed by atoms with van der Waals surface area (Å²) in [5, 5.41) is 9.32. The molecule has 0 unspecified atom stereocenters. The summed E-state index contributed by atoms with van der Waals surface area (Å²) in [6.07, 6.45) is 3.12. The van der Waals surface area contributed by atoms with Crippen molar-refractivity contribution in [3.8, 4) is 11.5 Å². The summed E-state index contributed by atoms with van der Waals surface area (Å²) in [6, 6.07) is 0. The molecule has 0 bridgehead atoms. The van der Waals surface area contributed by atoms with Crippen molar-refractivity contribution in [3.05, 3.63) is 23.0 Å². The third-order valence-electron chi connectivity index (χ3n) is 3.82. The van der Waals surface area contributed by atoms with Crippen molar-refractivity contribution in [2.45, 2.75) is 6.92 Å². The summed E-state index contributed by atoms with van der Waals surface area (Å²) in [4.78, 5) is 22.1. The third-order valence-corrected chi connectivity index (χ3v) is 5.00. The summed E-state index contributed by atoms with van der Waals surface area (Å²) in [5.74, 6) is 0.0660. The first-order valence-corrected chi connectivity index (χ1v) is 7.83. The minimum absolute atomic E-state index is 0.385. The highest BCUT2D eigenvalue weighted by atomic mass is 32.1. The number of anilines is 1. The molecule has 0 aromatic carbocycles. The summed E-state index contributed by atoms with van der Waals surface area (Å²) >= 11 is 1.28. The Labute approximate surface area is 139 Å². The fourth-order valence-electron chi connectivity index (χ4n) is 2.65. The van der Waals surface area contributed by atoms with Crippen LogP contribution < -0.4 is 5.73 Å². The second kappa shape index (κ2) is 4.99. The SMILES string of the molecule is COC(=O)c1sc2ncn3nc(-c4c(N)cnn4C)nc3c2c1C. The van der Waals surface area contributed by atoms with Crippen LogP contribution in [0, 0.1) is 6.92 Å². The predicted octanol–water partition coefficient (Wildman–Crippen LogP) is 1.42. The van der Waals surface area contributed by atoms with Crippen LogP contribution in [-0.4, -0.2) is 42.4 Å². The van der Waals surface area contributed by atoms with Crippen molar-refractivity contribution in [1.29, 1.82) is 0 Å². The number of nitrogens with zero attached hydrogens (tertiary/aromatic N) is 6. The van der Waals surface area contributed by atoms with E-state index in [1.807, 2.05) is 6.92 Å². The highest BCUT2D eigenvalue weighted by molar-refractivity contribution is 7.20.